The molecule has 0 bridgehead atoms. The van der Waals surface area contributed by atoms with Crippen LogP contribution in [0.15, 0.2) is 12.4 Å². The molecule has 3 nitrogen and oxygen atoms in total. The molecule has 0 radical (unpaired) electrons. The molecule has 1 fully saturated rings. The van der Waals surface area contributed by atoms with Crippen LogP contribution in [0.2, 0.25) is 0 Å². The first-order valence-electron chi connectivity index (χ1n) is 6.80. The van der Waals surface area contributed by atoms with Gasteiger partial charge in [0.05, 0.1) is 11.7 Å². The lowest BCUT2D eigenvalue weighted by Crippen LogP contribution is -2.22. The monoisotopic (exact) mass is 235 g/mol. The van der Waals surface area contributed by atoms with Crippen LogP contribution in [0.3, 0.4) is 0 Å². The van der Waals surface area contributed by atoms with Crippen LogP contribution >= 0.6 is 0 Å². The Morgan fingerprint density at radius 3 is 2.71 bits per heavy atom. The summed E-state index contributed by atoms with van der Waals surface area (Å²) < 4.78 is 2.04. The molecule has 0 atom stereocenters. The molecule has 0 unspecified atom stereocenters. The van der Waals surface area contributed by atoms with Gasteiger partial charge in [-0.2, -0.15) is 5.10 Å². The van der Waals surface area contributed by atoms with E-state index in [4.69, 9.17) is 0 Å². The second-order valence-electron chi connectivity index (χ2n) is 6.23. The molecule has 1 aromatic rings. The summed E-state index contributed by atoms with van der Waals surface area (Å²) in [6, 6.07) is 0. The normalized spacial score (nSPS) is 17.1. The minimum Gasteiger partial charge on any atom is -0.313 e. The quantitative estimate of drug-likeness (QED) is 0.795. The average molecular weight is 235 g/mol. The smallest absolute Gasteiger partial charge is 0.0543 e. The van der Waals surface area contributed by atoms with Gasteiger partial charge in [0.15, 0.2) is 0 Å². The molecular formula is C14H25N3. The van der Waals surface area contributed by atoms with E-state index in [1.807, 2.05) is 10.9 Å². The lowest BCUT2D eigenvalue weighted by atomic mass is 9.83. The van der Waals surface area contributed by atoms with Crippen LogP contribution in [-0.4, -0.2) is 16.3 Å². The van der Waals surface area contributed by atoms with Gasteiger partial charge in [-0.15, -0.1) is 0 Å². The molecule has 0 saturated heterocycles. The molecule has 1 aliphatic carbocycles. The Kier molecular flexibility index (Phi) is 3.87. The van der Waals surface area contributed by atoms with Crippen LogP contribution < -0.4 is 5.32 Å². The minimum atomic E-state index is 0.0875. The van der Waals surface area contributed by atoms with Crippen LogP contribution in [0.25, 0.3) is 0 Å². The molecule has 96 valence electrons. The molecule has 1 heterocycles. The summed E-state index contributed by atoms with van der Waals surface area (Å²) in [5.41, 5.74) is 1.37. The summed E-state index contributed by atoms with van der Waals surface area (Å²) >= 11 is 0. The fourth-order valence-electron chi connectivity index (χ4n) is 2.14. The van der Waals surface area contributed by atoms with Crippen LogP contribution in [-0.2, 0) is 12.1 Å². The Morgan fingerprint density at radius 1 is 1.41 bits per heavy atom. The Balaban J connectivity index is 1.69. The van der Waals surface area contributed by atoms with Crippen molar-refractivity contribution in [2.75, 3.05) is 6.54 Å². The summed E-state index contributed by atoms with van der Waals surface area (Å²) in [4.78, 5) is 0. The SMILES string of the molecule is CC(C)(C)n1cc(CNCCC2CCC2)cn1. The van der Waals surface area contributed by atoms with Crippen LogP contribution in [0.4, 0.5) is 0 Å². The van der Waals surface area contributed by atoms with E-state index in [0.29, 0.717) is 0 Å². The van der Waals surface area contributed by atoms with E-state index < -0.39 is 0 Å². The van der Waals surface area contributed by atoms with Crippen molar-refractivity contribution in [3.05, 3.63) is 18.0 Å². The molecule has 1 saturated carbocycles. The van der Waals surface area contributed by atoms with Crippen molar-refractivity contribution in [3.63, 3.8) is 0 Å². The zero-order valence-electron chi connectivity index (χ0n) is 11.4. The molecule has 0 aromatic carbocycles. The first-order valence-corrected chi connectivity index (χ1v) is 6.80. The van der Waals surface area contributed by atoms with Gasteiger partial charge in [-0.3, -0.25) is 4.68 Å². The van der Waals surface area contributed by atoms with Crippen LogP contribution in [0.1, 0.15) is 52.0 Å². The summed E-state index contributed by atoms with van der Waals surface area (Å²) in [5, 5.41) is 7.92. The van der Waals surface area contributed by atoms with Crippen molar-refractivity contribution < 1.29 is 0 Å². The van der Waals surface area contributed by atoms with E-state index in [-0.39, 0.29) is 5.54 Å². The molecule has 0 spiro atoms. The van der Waals surface area contributed by atoms with Gasteiger partial charge in [-0.05, 0) is 39.7 Å². The lowest BCUT2D eigenvalue weighted by Gasteiger charge is -2.25. The molecule has 2 rings (SSSR count). The Bertz CT molecular complexity index is 345. The summed E-state index contributed by atoms with van der Waals surface area (Å²) in [6.07, 6.45) is 9.81. The van der Waals surface area contributed by atoms with Crippen molar-refractivity contribution >= 4 is 0 Å². The first-order chi connectivity index (χ1) is 8.05. The third kappa shape index (κ3) is 3.56. The zero-order chi connectivity index (χ0) is 12.3. The predicted octanol–water partition coefficient (Wildman–Crippen LogP) is 2.92. The van der Waals surface area contributed by atoms with Crippen molar-refractivity contribution in [2.24, 2.45) is 5.92 Å². The highest BCUT2D eigenvalue weighted by molar-refractivity contribution is 5.04. The fraction of sp³-hybridized carbons (Fsp3) is 0.786. The maximum atomic E-state index is 4.41. The Labute approximate surface area is 105 Å². The highest BCUT2D eigenvalue weighted by Gasteiger charge is 2.16. The van der Waals surface area contributed by atoms with Crippen molar-refractivity contribution in [1.82, 2.24) is 15.1 Å². The first kappa shape index (κ1) is 12.6. The maximum Gasteiger partial charge on any atom is 0.0543 e. The average Bonchev–Trinajstić information content (AvgIpc) is 2.62. The third-order valence-electron chi connectivity index (χ3n) is 3.61. The molecule has 3 heteroatoms. The summed E-state index contributed by atoms with van der Waals surface area (Å²) in [7, 11) is 0. The van der Waals surface area contributed by atoms with Crippen LogP contribution in [0, 0.1) is 5.92 Å². The van der Waals surface area contributed by atoms with Gasteiger partial charge in [-0.25, -0.2) is 0 Å². The van der Waals surface area contributed by atoms with Crippen LogP contribution in [0.5, 0.6) is 0 Å². The summed E-state index contributed by atoms with van der Waals surface area (Å²) in [6.45, 7) is 8.61. The largest absolute Gasteiger partial charge is 0.313 e. The standard InChI is InChI=1S/C14H25N3/c1-14(2,3)17-11-13(10-16-17)9-15-8-7-12-5-4-6-12/h10-12,15H,4-9H2,1-3H3. The van der Waals surface area contributed by atoms with Gasteiger partial charge in [0.2, 0.25) is 0 Å². The molecule has 17 heavy (non-hydrogen) atoms. The van der Waals surface area contributed by atoms with Gasteiger partial charge in [0.25, 0.3) is 0 Å². The van der Waals surface area contributed by atoms with Gasteiger partial charge < -0.3 is 5.32 Å². The summed E-state index contributed by atoms with van der Waals surface area (Å²) in [5.74, 6) is 1.000. The molecular weight excluding hydrogens is 210 g/mol. The number of rotatable bonds is 5. The Morgan fingerprint density at radius 2 is 2.18 bits per heavy atom. The molecule has 1 aromatic heterocycles. The Hall–Kier alpha value is -0.830. The zero-order valence-corrected chi connectivity index (χ0v) is 11.4. The van der Waals surface area contributed by atoms with E-state index in [0.717, 1.165) is 19.0 Å². The highest BCUT2D eigenvalue weighted by Crippen LogP contribution is 2.28. The van der Waals surface area contributed by atoms with Gasteiger partial charge >= 0.3 is 0 Å². The van der Waals surface area contributed by atoms with Crippen molar-refractivity contribution in [3.8, 4) is 0 Å². The second kappa shape index (κ2) is 5.21. The molecule has 0 aliphatic heterocycles. The molecule has 1 N–H and O–H groups in total. The van der Waals surface area contributed by atoms with E-state index in [1.165, 1.54) is 31.2 Å². The lowest BCUT2D eigenvalue weighted by molar-refractivity contribution is 0.292. The van der Waals surface area contributed by atoms with Crippen molar-refractivity contribution in [1.29, 1.82) is 0 Å². The van der Waals surface area contributed by atoms with Gasteiger partial charge in [-0.1, -0.05) is 19.3 Å². The third-order valence-corrected chi connectivity index (χ3v) is 3.61. The number of hydrogen-bond acceptors (Lipinski definition) is 2. The molecule has 1 aliphatic rings. The predicted molar refractivity (Wildman–Crippen MR) is 70.9 cm³/mol. The van der Waals surface area contributed by atoms with E-state index in [9.17, 15) is 0 Å². The van der Waals surface area contributed by atoms with Gasteiger partial charge in [0, 0.05) is 18.3 Å². The van der Waals surface area contributed by atoms with E-state index >= 15 is 0 Å². The topological polar surface area (TPSA) is 29.9 Å². The van der Waals surface area contributed by atoms with E-state index in [1.54, 1.807) is 0 Å². The number of aromatic nitrogens is 2. The fourth-order valence-corrected chi connectivity index (χ4v) is 2.14. The maximum absolute atomic E-state index is 4.41. The van der Waals surface area contributed by atoms with Gasteiger partial charge in [0.1, 0.15) is 0 Å². The number of hydrogen-bond donors (Lipinski definition) is 1. The minimum absolute atomic E-state index is 0.0875. The number of nitrogens with one attached hydrogen (secondary N) is 1. The highest BCUT2D eigenvalue weighted by atomic mass is 15.3. The second-order valence-corrected chi connectivity index (χ2v) is 6.23. The van der Waals surface area contributed by atoms with Crippen molar-refractivity contribution in [2.45, 2.75) is 58.5 Å². The van der Waals surface area contributed by atoms with E-state index in [2.05, 4.69) is 37.4 Å². The molecule has 0 amide bonds. The number of nitrogens with zero attached hydrogens (tertiary/aromatic N) is 2.